The molecule has 64 valence electrons. The van der Waals surface area contributed by atoms with E-state index in [2.05, 4.69) is 22.1 Å². The Kier molecular flexibility index (Phi) is 3.60. The van der Waals surface area contributed by atoms with Crippen molar-refractivity contribution in [2.45, 2.75) is 6.92 Å². The van der Waals surface area contributed by atoms with Crippen LogP contribution in [-0.4, -0.2) is 17.8 Å². The Morgan fingerprint density at radius 1 is 1.67 bits per heavy atom. The number of aliphatic imine (C=N–C) groups is 1. The number of rotatable bonds is 0. The Morgan fingerprint density at radius 3 is 3.33 bits per heavy atom. The van der Waals surface area contributed by atoms with Crippen molar-refractivity contribution in [3.63, 3.8) is 0 Å². The van der Waals surface area contributed by atoms with E-state index < -0.39 is 0 Å². The molecule has 0 aliphatic carbocycles. The van der Waals surface area contributed by atoms with Gasteiger partial charge in [-0.1, -0.05) is 24.4 Å². The van der Waals surface area contributed by atoms with Crippen molar-refractivity contribution >= 4 is 23.0 Å². The minimum atomic E-state index is 0.733. The van der Waals surface area contributed by atoms with Gasteiger partial charge in [0, 0.05) is 5.71 Å². The van der Waals surface area contributed by atoms with Crippen LogP contribution in [-0.2, 0) is 0 Å². The van der Waals surface area contributed by atoms with Gasteiger partial charge in [-0.15, -0.1) is 0 Å². The molecule has 0 atom stereocenters. The van der Waals surface area contributed by atoms with E-state index in [0.717, 1.165) is 17.3 Å². The lowest BCUT2D eigenvalue weighted by molar-refractivity contribution is 0.833. The Balaban J connectivity index is 2.71. The molecule has 4 heteroatoms. The summed E-state index contributed by atoms with van der Waals surface area (Å²) in [5.41, 5.74) is 5.52. The first kappa shape index (κ1) is 9.06. The van der Waals surface area contributed by atoms with E-state index in [1.54, 1.807) is 5.55 Å². The van der Waals surface area contributed by atoms with Gasteiger partial charge in [-0.3, -0.25) is 0 Å². The molecule has 12 heavy (non-hydrogen) atoms. The van der Waals surface area contributed by atoms with Crippen LogP contribution >= 0.6 is 11.8 Å². The Labute approximate surface area is 76.3 Å². The van der Waals surface area contributed by atoms with E-state index in [9.17, 15) is 0 Å². The SMILES string of the molecule is C=C1N=C(C)/C=C\CNN=CS1. The summed E-state index contributed by atoms with van der Waals surface area (Å²) in [5, 5.41) is 4.67. The summed E-state index contributed by atoms with van der Waals surface area (Å²) in [5.74, 6) is 0. The van der Waals surface area contributed by atoms with Gasteiger partial charge in [-0.25, -0.2) is 4.99 Å². The lowest BCUT2D eigenvalue weighted by Gasteiger charge is -1.99. The molecule has 0 aromatic carbocycles. The van der Waals surface area contributed by atoms with E-state index in [1.165, 1.54) is 11.8 Å². The van der Waals surface area contributed by atoms with E-state index in [-0.39, 0.29) is 0 Å². The van der Waals surface area contributed by atoms with Crippen LogP contribution in [0.1, 0.15) is 6.92 Å². The smallest absolute Gasteiger partial charge is 0.0948 e. The Hall–Kier alpha value is -1.03. The molecule has 0 unspecified atom stereocenters. The number of allylic oxidation sites excluding steroid dienone is 1. The molecule has 0 saturated carbocycles. The topological polar surface area (TPSA) is 36.8 Å². The fraction of sp³-hybridized carbons (Fsp3) is 0.250. The molecule has 3 nitrogen and oxygen atoms in total. The van der Waals surface area contributed by atoms with Gasteiger partial charge in [0.15, 0.2) is 0 Å². The molecule has 0 saturated heterocycles. The molecule has 0 spiro atoms. The molecule has 1 aliphatic heterocycles. The first-order valence-corrected chi connectivity index (χ1v) is 4.49. The lowest BCUT2D eigenvalue weighted by atomic mass is 10.3. The average molecular weight is 181 g/mol. The van der Waals surface area contributed by atoms with Crippen LogP contribution in [0.5, 0.6) is 0 Å². The van der Waals surface area contributed by atoms with Crippen LogP contribution < -0.4 is 5.43 Å². The third kappa shape index (κ3) is 3.39. The molecular formula is C8H11N3S. The largest absolute Gasteiger partial charge is 0.306 e. The second kappa shape index (κ2) is 4.77. The molecule has 1 heterocycles. The third-order valence-electron chi connectivity index (χ3n) is 1.20. The summed E-state index contributed by atoms with van der Waals surface area (Å²) in [4.78, 5) is 4.22. The molecule has 0 aromatic rings. The van der Waals surface area contributed by atoms with Crippen LogP contribution in [0.2, 0.25) is 0 Å². The zero-order chi connectivity index (χ0) is 8.81. The summed E-state index contributed by atoms with van der Waals surface area (Å²) in [6.45, 7) is 6.44. The highest BCUT2D eigenvalue weighted by atomic mass is 32.2. The summed E-state index contributed by atoms with van der Waals surface area (Å²) in [6, 6.07) is 0. The molecule has 1 N–H and O–H groups in total. The van der Waals surface area contributed by atoms with Crippen LogP contribution in [0.3, 0.4) is 0 Å². The Bertz CT molecular complexity index is 253. The normalized spacial score (nSPS) is 21.1. The van der Waals surface area contributed by atoms with Crippen molar-refractivity contribution in [3.8, 4) is 0 Å². The fourth-order valence-corrected chi connectivity index (χ4v) is 1.17. The average Bonchev–Trinajstić information content (AvgIpc) is 2.02. The van der Waals surface area contributed by atoms with Gasteiger partial charge in [-0.2, -0.15) is 5.10 Å². The number of thioether (sulfide) groups is 1. The van der Waals surface area contributed by atoms with Gasteiger partial charge in [0.25, 0.3) is 0 Å². The van der Waals surface area contributed by atoms with E-state index in [4.69, 9.17) is 0 Å². The highest BCUT2D eigenvalue weighted by Gasteiger charge is 1.91. The first-order chi connectivity index (χ1) is 5.79. The van der Waals surface area contributed by atoms with Gasteiger partial charge in [-0.05, 0) is 13.0 Å². The molecule has 0 aromatic heterocycles. The number of nitrogens with zero attached hydrogens (tertiary/aromatic N) is 2. The maximum absolute atomic E-state index is 4.22. The van der Waals surface area contributed by atoms with Gasteiger partial charge < -0.3 is 5.43 Å². The fourth-order valence-electron chi connectivity index (χ4n) is 0.720. The highest BCUT2D eigenvalue weighted by molar-refractivity contribution is 8.15. The Morgan fingerprint density at radius 2 is 2.50 bits per heavy atom. The van der Waals surface area contributed by atoms with Crippen molar-refractivity contribution in [2.75, 3.05) is 6.54 Å². The van der Waals surface area contributed by atoms with Crippen LogP contribution in [0, 0.1) is 0 Å². The van der Waals surface area contributed by atoms with E-state index in [0.29, 0.717) is 0 Å². The summed E-state index contributed by atoms with van der Waals surface area (Å²) in [6.07, 6.45) is 3.92. The van der Waals surface area contributed by atoms with Crippen molar-refractivity contribution in [3.05, 3.63) is 23.8 Å². The molecule has 1 aliphatic rings. The molecule has 1 rings (SSSR count). The number of hydrogen-bond acceptors (Lipinski definition) is 4. The highest BCUT2D eigenvalue weighted by Crippen LogP contribution is 2.11. The minimum Gasteiger partial charge on any atom is -0.306 e. The number of hydrazone groups is 1. The third-order valence-corrected chi connectivity index (χ3v) is 1.78. The monoisotopic (exact) mass is 181 g/mol. The number of nitrogens with one attached hydrogen (secondary N) is 1. The standard InChI is InChI=1S/C8H11N3S/c1-7-4-3-5-9-10-6-12-8(2)11-7/h3-4,6,9H,2,5H2,1H3/b4-3-,10-6?,11-7?. The van der Waals surface area contributed by atoms with Crippen molar-refractivity contribution in [2.24, 2.45) is 10.1 Å². The van der Waals surface area contributed by atoms with E-state index in [1.807, 2.05) is 19.1 Å². The minimum absolute atomic E-state index is 0.733. The van der Waals surface area contributed by atoms with Gasteiger partial charge >= 0.3 is 0 Å². The van der Waals surface area contributed by atoms with Crippen molar-refractivity contribution in [1.82, 2.24) is 5.43 Å². The summed E-state index contributed by atoms with van der Waals surface area (Å²) >= 11 is 1.41. The van der Waals surface area contributed by atoms with Crippen LogP contribution in [0.4, 0.5) is 0 Å². The maximum atomic E-state index is 4.22. The predicted molar refractivity (Wildman–Crippen MR) is 55.5 cm³/mol. The summed E-state index contributed by atoms with van der Waals surface area (Å²) < 4.78 is 0. The lowest BCUT2D eigenvalue weighted by Crippen LogP contribution is -2.05. The zero-order valence-corrected chi connectivity index (χ0v) is 7.77. The van der Waals surface area contributed by atoms with Crippen molar-refractivity contribution in [1.29, 1.82) is 0 Å². The van der Waals surface area contributed by atoms with Crippen LogP contribution in [0.25, 0.3) is 0 Å². The van der Waals surface area contributed by atoms with E-state index >= 15 is 0 Å². The molecular weight excluding hydrogens is 170 g/mol. The quantitative estimate of drug-likeness (QED) is 0.618. The molecule has 0 radical (unpaired) electrons. The van der Waals surface area contributed by atoms with Gasteiger partial charge in [0.1, 0.15) is 0 Å². The van der Waals surface area contributed by atoms with Crippen molar-refractivity contribution < 1.29 is 0 Å². The maximum Gasteiger partial charge on any atom is 0.0948 e. The second-order valence-corrected chi connectivity index (χ2v) is 3.18. The predicted octanol–water partition coefficient (Wildman–Crippen LogP) is 1.75. The number of hydrogen-bond donors (Lipinski definition) is 1. The summed E-state index contributed by atoms with van der Waals surface area (Å²) in [7, 11) is 0. The molecule has 0 bridgehead atoms. The second-order valence-electron chi connectivity index (χ2n) is 2.26. The molecule has 0 fully saturated rings. The molecule has 0 amide bonds. The van der Waals surface area contributed by atoms with Gasteiger partial charge in [0.05, 0.1) is 17.1 Å². The first-order valence-electron chi connectivity index (χ1n) is 3.61. The zero-order valence-electron chi connectivity index (χ0n) is 6.95. The van der Waals surface area contributed by atoms with Gasteiger partial charge in [0.2, 0.25) is 0 Å². The van der Waals surface area contributed by atoms with Crippen LogP contribution in [0.15, 0.2) is 33.9 Å².